The molecule has 1 atom stereocenters. The summed E-state index contributed by atoms with van der Waals surface area (Å²) in [7, 11) is 0. The molecule has 3 N–H and O–H groups in total. The van der Waals surface area contributed by atoms with E-state index in [0.717, 1.165) is 43.0 Å². The molecule has 4 nitrogen and oxygen atoms in total. The van der Waals surface area contributed by atoms with Crippen LogP contribution in [0.1, 0.15) is 36.9 Å². The van der Waals surface area contributed by atoms with Crippen molar-refractivity contribution < 1.29 is 4.39 Å². The number of benzene rings is 1. The number of hydrogen-bond donors (Lipinski definition) is 3. The van der Waals surface area contributed by atoms with Crippen LogP contribution in [-0.4, -0.2) is 34.7 Å². The minimum Gasteiger partial charge on any atom is -0.371 e. The zero-order chi connectivity index (χ0) is 19.0. The van der Waals surface area contributed by atoms with E-state index in [2.05, 4.69) is 64.9 Å². The highest BCUT2D eigenvalue weighted by Crippen LogP contribution is 2.47. The molecule has 1 aromatic carbocycles. The van der Waals surface area contributed by atoms with Crippen LogP contribution in [0.15, 0.2) is 48.9 Å². The Morgan fingerprint density at radius 2 is 2.15 bits per heavy atom. The van der Waals surface area contributed by atoms with Gasteiger partial charge in [0.25, 0.3) is 0 Å². The van der Waals surface area contributed by atoms with Crippen LogP contribution >= 0.6 is 0 Å². The van der Waals surface area contributed by atoms with Crippen LogP contribution in [0.3, 0.4) is 0 Å². The molecule has 27 heavy (non-hydrogen) atoms. The average Bonchev–Trinajstić information content (AvgIpc) is 3.27. The van der Waals surface area contributed by atoms with E-state index in [1.807, 2.05) is 0 Å². The number of aromatic amines is 1. The molecule has 1 aliphatic carbocycles. The Hall–Kier alpha value is -2.43. The van der Waals surface area contributed by atoms with Crippen molar-refractivity contribution >= 4 is 10.9 Å². The van der Waals surface area contributed by atoms with Crippen LogP contribution in [0.25, 0.3) is 10.9 Å². The van der Waals surface area contributed by atoms with Gasteiger partial charge in [-0.05, 0) is 56.2 Å². The van der Waals surface area contributed by atoms with Gasteiger partial charge in [0, 0.05) is 36.0 Å². The van der Waals surface area contributed by atoms with E-state index in [4.69, 9.17) is 0 Å². The van der Waals surface area contributed by atoms with Gasteiger partial charge < -0.3 is 20.5 Å². The molecule has 2 fully saturated rings. The Morgan fingerprint density at radius 1 is 1.33 bits per heavy atom. The monoisotopic (exact) mass is 368 g/mol. The summed E-state index contributed by atoms with van der Waals surface area (Å²) in [5, 5.41) is 8.05. The largest absolute Gasteiger partial charge is 0.371 e. The Balaban J connectivity index is 1.28. The number of fused-ring (bicyclic) bond motifs is 1. The van der Waals surface area contributed by atoms with Gasteiger partial charge in [-0.2, -0.15) is 0 Å². The van der Waals surface area contributed by atoms with Gasteiger partial charge in [0.2, 0.25) is 0 Å². The summed E-state index contributed by atoms with van der Waals surface area (Å²) in [6.45, 7) is 12.6. The second-order valence-corrected chi connectivity index (χ2v) is 8.06. The Kier molecular flexibility index (Phi) is 4.62. The van der Waals surface area contributed by atoms with Gasteiger partial charge in [0.15, 0.2) is 0 Å². The number of alkyl halides is 1. The van der Waals surface area contributed by atoms with Crippen molar-refractivity contribution in [3.8, 4) is 0 Å². The fourth-order valence-electron chi connectivity index (χ4n) is 3.93. The number of hydrogen-bond acceptors (Lipinski definition) is 3. The number of nitrogens with one attached hydrogen (secondary N) is 3. The van der Waals surface area contributed by atoms with Crippen LogP contribution in [0.4, 0.5) is 4.39 Å². The number of aryl methyl sites for hydroxylation is 1. The van der Waals surface area contributed by atoms with Crippen molar-refractivity contribution in [2.24, 2.45) is 0 Å². The van der Waals surface area contributed by atoms with Gasteiger partial charge >= 0.3 is 0 Å². The summed E-state index contributed by atoms with van der Waals surface area (Å²) >= 11 is 0. The maximum atomic E-state index is 14.3. The minimum absolute atomic E-state index is 0.267. The molecular formula is C22H29FN4. The molecule has 1 aromatic heterocycles. The van der Waals surface area contributed by atoms with Crippen molar-refractivity contribution in [1.82, 2.24) is 20.5 Å². The van der Waals surface area contributed by atoms with Crippen LogP contribution in [0, 0.1) is 6.92 Å². The molecule has 2 aliphatic rings. The maximum Gasteiger partial charge on any atom is 0.150 e. The van der Waals surface area contributed by atoms with E-state index < -0.39 is 5.67 Å². The van der Waals surface area contributed by atoms with Crippen LogP contribution in [-0.2, 0) is 6.54 Å². The predicted molar refractivity (Wildman–Crippen MR) is 109 cm³/mol. The summed E-state index contributed by atoms with van der Waals surface area (Å²) in [5.74, 6) is 0.809. The number of H-pyrrole nitrogens is 1. The topological polar surface area (TPSA) is 43.1 Å². The van der Waals surface area contributed by atoms with Gasteiger partial charge in [0.05, 0.1) is 12.4 Å². The third-order valence-electron chi connectivity index (χ3n) is 5.71. The fraction of sp³-hybridized carbons (Fsp3) is 0.455. The molecule has 1 unspecified atom stereocenters. The lowest BCUT2D eigenvalue weighted by Crippen LogP contribution is -2.47. The van der Waals surface area contributed by atoms with Gasteiger partial charge in [-0.3, -0.25) is 0 Å². The first-order valence-corrected chi connectivity index (χ1v) is 9.84. The van der Waals surface area contributed by atoms with Crippen molar-refractivity contribution in [2.45, 2.75) is 50.9 Å². The van der Waals surface area contributed by atoms with Crippen molar-refractivity contribution in [2.75, 3.05) is 13.1 Å². The summed E-state index contributed by atoms with van der Waals surface area (Å²) in [6.07, 6.45) is 3.36. The second-order valence-electron chi connectivity index (χ2n) is 8.06. The molecule has 2 aromatic rings. The first-order valence-electron chi connectivity index (χ1n) is 9.84. The predicted octanol–water partition coefficient (Wildman–Crippen LogP) is 4.11. The zero-order valence-corrected chi connectivity index (χ0v) is 16.1. The molecule has 0 bridgehead atoms. The molecule has 4 rings (SSSR count). The van der Waals surface area contributed by atoms with Crippen molar-refractivity contribution in [3.63, 3.8) is 0 Å². The number of likely N-dealkylation sites (tertiary alicyclic amines) is 1. The highest BCUT2D eigenvalue weighted by Gasteiger charge is 2.48. The summed E-state index contributed by atoms with van der Waals surface area (Å²) < 4.78 is 14.3. The van der Waals surface area contributed by atoms with Gasteiger partial charge in [-0.1, -0.05) is 24.8 Å². The molecule has 144 valence electrons. The van der Waals surface area contributed by atoms with E-state index in [1.165, 1.54) is 10.9 Å². The molecule has 0 radical (unpaired) electrons. The molecular weight excluding hydrogens is 339 g/mol. The smallest absolute Gasteiger partial charge is 0.150 e. The van der Waals surface area contributed by atoms with E-state index in [9.17, 15) is 4.39 Å². The molecule has 2 heterocycles. The second kappa shape index (κ2) is 6.95. The summed E-state index contributed by atoms with van der Waals surface area (Å²) in [6, 6.07) is 8.85. The summed E-state index contributed by atoms with van der Waals surface area (Å²) in [4.78, 5) is 5.55. The number of aromatic nitrogens is 1. The number of piperidine rings is 1. The first kappa shape index (κ1) is 18.0. The highest BCUT2D eigenvalue weighted by molar-refractivity contribution is 5.81. The third-order valence-corrected chi connectivity index (χ3v) is 5.71. The lowest BCUT2D eigenvalue weighted by Gasteiger charge is -2.37. The quantitative estimate of drug-likeness (QED) is 0.689. The van der Waals surface area contributed by atoms with Crippen LogP contribution < -0.4 is 10.6 Å². The van der Waals surface area contributed by atoms with Gasteiger partial charge in [0.1, 0.15) is 5.67 Å². The fourth-order valence-corrected chi connectivity index (χ4v) is 3.93. The van der Waals surface area contributed by atoms with Crippen LogP contribution in [0.5, 0.6) is 0 Å². The SMILES string of the molecule is C=C(NCc1cc2cc(C)ccc2[nH]1)NC1CCCN(C(=C)C2(F)CC2)C1. The molecule has 0 spiro atoms. The number of nitrogens with zero attached hydrogens (tertiary/aromatic N) is 1. The Labute approximate surface area is 160 Å². The first-order chi connectivity index (χ1) is 12.9. The van der Waals surface area contributed by atoms with Crippen molar-refractivity contribution in [3.05, 3.63) is 60.2 Å². The van der Waals surface area contributed by atoms with Gasteiger partial charge in [-0.25, -0.2) is 4.39 Å². The lowest BCUT2D eigenvalue weighted by atomic mass is 10.0. The Bertz CT molecular complexity index is 864. The Morgan fingerprint density at radius 3 is 2.93 bits per heavy atom. The molecule has 0 amide bonds. The number of allylic oxidation sites excluding steroid dienone is 1. The number of rotatable bonds is 7. The molecule has 5 heteroatoms. The van der Waals surface area contributed by atoms with E-state index >= 15 is 0 Å². The maximum absolute atomic E-state index is 14.3. The average molecular weight is 369 g/mol. The standard InChI is InChI=1S/C22H29FN4/c1-15-6-7-21-18(11-15)12-20(26-21)13-24-17(3)25-19-5-4-10-27(14-19)16(2)22(23)8-9-22/h6-7,11-12,19,24-26H,2-5,8-10,13-14H2,1H3. The highest BCUT2D eigenvalue weighted by atomic mass is 19.1. The lowest BCUT2D eigenvalue weighted by molar-refractivity contribution is 0.192. The zero-order valence-electron chi connectivity index (χ0n) is 16.1. The minimum atomic E-state index is -1.13. The van der Waals surface area contributed by atoms with E-state index in [-0.39, 0.29) is 6.04 Å². The normalized spacial score (nSPS) is 21.1. The molecule has 1 saturated carbocycles. The molecule has 1 aliphatic heterocycles. The number of halogens is 1. The third kappa shape index (κ3) is 3.97. The van der Waals surface area contributed by atoms with Gasteiger partial charge in [-0.15, -0.1) is 0 Å². The van der Waals surface area contributed by atoms with Crippen molar-refractivity contribution in [1.29, 1.82) is 0 Å². The van der Waals surface area contributed by atoms with Crippen LogP contribution in [0.2, 0.25) is 0 Å². The van der Waals surface area contributed by atoms with E-state index in [1.54, 1.807) is 0 Å². The summed E-state index contributed by atoms with van der Waals surface area (Å²) in [5.41, 5.74) is 3.08. The van der Waals surface area contributed by atoms with E-state index in [0.29, 0.717) is 25.1 Å². The molecule has 1 saturated heterocycles.